The van der Waals surface area contributed by atoms with Crippen LogP contribution < -0.4 is 5.32 Å². The summed E-state index contributed by atoms with van der Waals surface area (Å²) < 4.78 is 5.06. The molecule has 0 aromatic carbocycles. The smallest absolute Gasteiger partial charge is 0.0613 e. The van der Waals surface area contributed by atoms with Gasteiger partial charge in [-0.25, -0.2) is 0 Å². The zero-order valence-electron chi connectivity index (χ0n) is 10.8. The molecule has 0 bridgehead atoms. The second-order valence-electron chi connectivity index (χ2n) is 4.43. The highest BCUT2D eigenvalue weighted by atomic mass is 16.5. The molecule has 0 saturated heterocycles. The van der Waals surface area contributed by atoms with Gasteiger partial charge in [-0.15, -0.1) is 0 Å². The van der Waals surface area contributed by atoms with Gasteiger partial charge in [0.25, 0.3) is 0 Å². The average Bonchev–Trinajstić information content (AvgIpc) is 2.22. The van der Waals surface area contributed by atoms with Gasteiger partial charge in [0, 0.05) is 13.2 Å². The summed E-state index contributed by atoms with van der Waals surface area (Å²) in [7, 11) is 1.76. The predicted molar refractivity (Wildman–Crippen MR) is 67.3 cm³/mol. The van der Waals surface area contributed by atoms with Crippen molar-refractivity contribution < 1.29 is 4.74 Å². The molecule has 0 saturated carbocycles. The van der Waals surface area contributed by atoms with Gasteiger partial charge in [0.1, 0.15) is 0 Å². The van der Waals surface area contributed by atoms with Crippen LogP contribution in [0.5, 0.6) is 0 Å². The third kappa shape index (κ3) is 11.8. The van der Waals surface area contributed by atoms with E-state index in [9.17, 15) is 0 Å². The summed E-state index contributed by atoms with van der Waals surface area (Å²) in [5.74, 6) is 0. The SMILES string of the molecule is CCCCCCCCCNC(C)COC. The largest absolute Gasteiger partial charge is 0.383 e. The van der Waals surface area contributed by atoms with Gasteiger partial charge in [-0.05, 0) is 19.9 Å². The van der Waals surface area contributed by atoms with E-state index in [1.54, 1.807) is 7.11 Å². The van der Waals surface area contributed by atoms with Crippen molar-refractivity contribution in [3.63, 3.8) is 0 Å². The summed E-state index contributed by atoms with van der Waals surface area (Å²) in [5, 5.41) is 3.46. The molecule has 0 amide bonds. The highest BCUT2D eigenvalue weighted by molar-refractivity contribution is 4.58. The van der Waals surface area contributed by atoms with Crippen molar-refractivity contribution in [1.29, 1.82) is 0 Å². The second kappa shape index (κ2) is 12.0. The van der Waals surface area contributed by atoms with Gasteiger partial charge >= 0.3 is 0 Å². The van der Waals surface area contributed by atoms with Crippen molar-refractivity contribution >= 4 is 0 Å². The normalized spacial score (nSPS) is 13.0. The summed E-state index contributed by atoms with van der Waals surface area (Å²) in [4.78, 5) is 0. The van der Waals surface area contributed by atoms with Crippen LogP contribution in [0.25, 0.3) is 0 Å². The van der Waals surface area contributed by atoms with Gasteiger partial charge in [0.15, 0.2) is 0 Å². The maximum atomic E-state index is 5.06. The second-order valence-corrected chi connectivity index (χ2v) is 4.43. The van der Waals surface area contributed by atoms with Crippen LogP contribution >= 0.6 is 0 Å². The molecular weight excluding hydrogens is 186 g/mol. The number of ether oxygens (including phenoxy) is 1. The van der Waals surface area contributed by atoms with Crippen LogP contribution in [-0.4, -0.2) is 26.3 Å². The van der Waals surface area contributed by atoms with Crippen LogP contribution in [0.3, 0.4) is 0 Å². The lowest BCUT2D eigenvalue weighted by molar-refractivity contribution is 0.172. The van der Waals surface area contributed by atoms with Gasteiger partial charge < -0.3 is 10.1 Å². The summed E-state index contributed by atoms with van der Waals surface area (Å²) in [5.41, 5.74) is 0. The molecule has 1 N–H and O–H groups in total. The number of unbranched alkanes of at least 4 members (excludes halogenated alkanes) is 6. The fraction of sp³-hybridized carbons (Fsp3) is 1.00. The Bertz CT molecular complexity index is 117. The zero-order valence-corrected chi connectivity index (χ0v) is 10.8. The van der Waals surface area contributed by atoms with E-state index in [2.05, 4.69) is 19.2 Å². The topological polar surface area (TPSA) is 21.3 Å². The Balaban J connectivity index is 2.98. The van der Waals surface area contributed by atoms with Gasteiger partial charge in [-0.3, -0.25) is 0 Å². The standard InChI is InChI=1S/C13H29NO/c1-4-5-6-7-8-9-10-11-14-13(2)12-15-3/h13-14H,4-12H2,1-3H3. The van der Waals surface area contributed by atoms with E-state index in [0.29, 0.717) is 6.04 Å². The molecule has 0 rings (SSSR count). The number of methoxy groups -OCH3 is 1. The van der Waals surface area contributed by atoms with E-state index in [0.717, 1.165) is 13.2 Å². The third-order valence-corrected chi connectivity index (χ3v) is 2.69. The molecule has 2 heteroatoms. The van der Waals surface area contributed by atoms with Crippen LogP contribution in [0.2, 0.25) is 0 Å². The van der Waals surface area contributed by atoms with Gasteiger partial charge in [0.2, 0.25) is 0 Å². The Kier molecular flexibility index (Phi) is 11.9. The zero-order chi connectivity index (χ0) is 11.4. The van der Waals surface area contributed by atoms with Crippen LogP contribution in [0.1, 0.15) is 58.8 Å². The van der Waals surface area contributed by atoms with Crippen molar-refractivity contribution in [2.24, 2.45) is 0 Å². The molecule has 0 radical (unpaired) electrons. The average molecular weight is 215 g/mol. The number of rotatable bonds is 11. The summed E-state index contributed by atoms with van der Waals surface area (Å²) in [6.07, 6.45) is 9.67. The molecule has 0 aliphatic carbocycles. The monoisotopic (exact) mass is 215 g/mol. The molecule has 0 aliphatic rings. The molecule has 92 valence electrons. The van der Waals surface area contributed by atoms with Crippen LogP contribution in [0, 0.1) is 0 Å². The van der Waals surface area contributed by atoms with Crippen molar-refractivity contribution in [2.45, 2.75) is 64.8 Å². The van der Waals surface area contributed by atoms with Crippen LogP contribution in [0.15, 0.2) is 0 Å². The molecule has 1 atom stereocenters. The van der Waals surface area contributed by atoms with E-state index in [-0.39, 0.29) is 0 Å². The van der Waals surface area contributed by atoms with Crippen molar-refractivity contribution in [1.82, 2.24) is 5.32 Å². The minimum absolute atomic E-state index is 0.495. The molecule has 0 aromatic heterocycles. The van der Waals surface area contributed by atoms with Gasteiger partial charge in [-0.1, -0.05) is 45.4 Å². The Hall–Kier alpha value is -0.0800. The van der Waals surface area contributed by atoms with E-state index >= 15 is 0 Å². The highest BCUT2D eigenvalue weighted by Crippen LogP contribution is 2.06. The first kappa shape index (κ1) is 14.9. The molecule has 15 heavy (non-hydrogen) atoms. The summed E-state index contributed by atoms with van der Waals surface area (Å²) in [6.45, 7) is 6.39. The first-order valence-corrected chi connectivity index (χ1v) is 6.53. The molecule has 0 aromatic rings. The number of nitrogens with one attached hydrogen (secondary N) is 1. The van der Waals surface area contributed by atoms with E-state index in [1.165, 1.54) is 44.9 Å². The Morgan fingerprint density at radius 2 is 1.60 bits per heavy atom. The van der Waals surface area contributed by atoms with E-state index in [4.69, 9.17) is 4.74 Å². The maximum absolute atomic E-state index is 5.06. The van der Waals surface area contributed by atoms with E-state index < -0.39 is 0 Å². The first-order valence-electron chi connectivity index (χ1n) is 6.53. The quantitative estimate of drug-likeness (QED) is 0.534. The van der Waals surface area contributed by atoms with Crippen molar-refractivity contribution in [2.75, 3.05) is 20.3 Å². The van der Waals surface area contributed by atoms with Crippen LogP contribution in [0.4, 0.5) is 0 Å². The summed E-state index contributed by atoms with van der Waals surface area (Å²) in [6, 6.07) is 0.495. The Morgan fingerprint density at radius 3 is 2.20 bits per heavy atom. The molecule has 0 fully saturated rings. The maximum Gasteiger partial charge on any atom is 0.0613 e. The van der Waals surface area contributed by atoms with Gasteiger partial charge in [0.05, 0.1) is 6.61 Å². The molecular formula is C13H29NO. The predicted octanol–water partition coefficient (Wildman–Crippen LogP) is 3.36. The molecule has 0 aliphatic heterocycles. The summed E-state index contributed by atoms with van der Waals surface area (Å²) >= 11 is 0. The van der Waals surface area contributed by atoms with Crippen molar-refractivity contribution in [3.05, 3.63) is 0 Å². The van der Waals surface area contributed by atoms with Crippen LogP contribution in [-0.2, 0) is 4.74 Å². The number of hydrogen-bond acceptors (Lipinski definition) is 2. The highest BCUT2D eigenvalue weighted by Gasteiger charge is 1.98. The fourth-order valence-electron chi connectivity index (χ4n) is 1.74. The Morgan fingerprint density at radius 1 is 1.00 bits per heavy atom. The minimum atomic E-state index is 0.495. The van der Waals surface area contributed by atoms with Gasteiger partial charge in [-0.2, -0.15) is 0 Å². The molecule has 0 heterocycles. The molecule has 1 unspecified atom stereocenters. The van der Waals surface area contributed by atoms with E-state index in [1.807, 2.05) is 0 Å². The molecule has 2 nitrogen and oxygen atoms in total. The molecule has 0 spiro atoms. The fourth-order valence-corrected chi connectivity index (χ4v) is 1.74. The lowest BCUT2D eigenvalue weighted by atomic mass is 10.1. The number of hydrogen-bond donors (Lipinski definition) is 1. The lowest BCUT2D eigenvalue weighted by Gasteiger charge is -2.12. The third-order valence-electron chi connectivity index (χ3n) is 2.69. The van der Waals surface area contributed by atoms with Crippen molar-refractivity contribution in [3.8, 4) is 0 Å². The Labute approximate surface area is 95.8 Å². The lowest BCUT2D eigenvalue weighted by Crippen LogP contribution is -2.30. The minimum Gasteiger partial charge on any atom is -0.383 e. The first-order chi connectivity index (χ1) is 7.31.